The van der Waals surface area contributed by atoms with E-state index in [2.05, 4.69) is 5.32 Å². The maximum absolute atomic E-state index is 12.7. The predicted octanol–water partition coefficient (Wildman–Crippen LogP) is 0.361. The van der Waals surface area contributed by atoms with Gasteiger partial charge in [-0.25, -0.2) is 0 Å². The van der Waals surface area contributed by atoms with Crippen molar-refractivity contribution < 1.29 is 24.7 Å². The first-order valence-corrected chi connectivity index (χ1v) is 9.72. The highest BCUT2D eigenvalue weighted by Crippen LogP contribution is 2.23. The lowest BCUT2D eigenvalue weighted by molar-refractivity contribution is -0.129. The van der Waals surface area contributed by atoms with Crippen LogP contribution >= 0.6 is 0 Å². The molecule has 0 bridgehead atoms. The van der Waals surface area contributed by atoms with Gasteiger partial charge in [0.1, 0.15) is 5.75 Å². The summed E-state index contributed by atoms with van der Waals surface area (Å²) in [7, 11) is -1.81. The van der Waals surface area contributed by atoms with Crippen molar-refractivity contribution in [2.45, 2.75) is 32.8 Å². The molecule has 2 aromatic rings. The fraction of sp³-hybridized carbons (Fsp3) is 0.333. The second-order valence-electron chi connectivity index (χ2n) is 7.21. The normalized spacial score (nSPS) is 11.6. The van der Waals surface area contributed by atoms with Gasteiger partial charge in [0, 0.05) is 32.1 Å². The SMILES string of the molecule is CC(=O)N(CCN)Cc1cccc(C(=O)N[C@@H](Cc2cccc(C)c2O)B(O)O)c1. The summed E-state index contributed by atoms with van der Waals surface area (Å²) in [4.78, 5) is 26.0. The lowest BCUT2D eigenvalue weighted by Crippen LogP contribution is -2.48. The first-order valence-electron chi connectivity index (χ1n) is 9.72. The molecule has 1 atom stereocenters. The van der Waals surface area contributed by atoms with Gasteiger partial charge in [0.05, 0.1) is 5.94 Å². The molecule has 2 rings (SSSR count). The van der Waals surface area contributed by atoms with Gasteiger partial charge in [-0.2, -0.15) is 0 Å². The van der Waals surface area contributed by atoms with Crippen molar-refractivity contribution in [3.05, 3.63) is 64.7 Å². The van der Waals surface area contributed by atoms with Crippen LogP contribution in [0.3, 0.4) is 0 Å². The Hall–Kier alpha value is -2.88. The van der Waals surface area contributed by atoms with E-state index in [0.717, 1.165) is 5.56 Å². The second-order valence-corrected chi connectivity index (χ2v) is 7.21. The molecule has 0 spiro atoms. The van der Waals surface area contributed by atoms with E-state index in [4.69, 9.17) is 5.73 Å². The minimum atomic E-state index is -1.81. The van der Waals surface area contributed by atoms with E-state index in [1.807, 2.05) is 0 Å². The zero-order valence-electron chi connectivity index (χ0n) is 17.2. The molecular formula is C21H28BN3O5. The number of carbonyl (C=O) groups excluding carboxylic acids is 2. The number of amides is 2. The van der Waals surface area contributed by atoms with Crippen LogP contribution in [-0.4, -0.2) is 58.0 Å². The third-order valence-corrected chi connectivity index (χ3v) is 4.84. The lowest BCUT2D eigenvalue weighted by Gasteiger charge is -2.21. The Labute approximate surface area is 176 Å². The van der Waals surface area contributed by atoms with Crippen LogP contribution < -0.4 is 11.1 Å². The summed E-state index contributed by atoms with van der Waals surface area (Å²) in [5.74, 6) is -1.56. The number of rotatable bonds is 9. The average molecular weight is 413 g/mol. The van der Waals surface area contributed by atoms with E-state index in [1.165, 1.54) is 6.92 Å². The van der Waals surface area contributed by atoms with Crippen LogP contribution in [0, 0.1) is 6.92 Å². The number of phenolic OH excluding ortho intramolecular Hbond substituents is 1. The van der Waals surface area contributed by atoms with Crippen molar-refractivity contribution in [1.82, 2.24) is 10.2 Å². The number of nitrogens with zero attached hydrogens (tertiary/aromatic N) is 1. The number of phenols is 1. The number of benzene rings is 2. The standard InChI is InChI=1S/C21H28BN3O5/c1-14-5-3-7-17(20(14)27)12-19(22(29)30)24-21(28)18-8-4-6-16(11-18)13-25(10-9-23)15(2)26/h3-8,11,19,27,29-30H,9-10,12-13,23H2,1-2H3,(H,24,28)/t19-/m0/s1. The van der Waals surface area contributed by atoms with Gasteiger partial charge in [-0.15, -0.1) is 0 Å². The van der Waals surface area contributed by atoms with Crippen LogP contribution in [0.4, 0.5) is 0 Å². The fourth-order valence-electron chi connectivity index (χ4n) is 3.14. The summed E-state index contributed by atoms with van der Waals surface area (Å²) in [6.45, 7) is 4.26. The number of aromatic hydroxyl groups is 1. The van der Waals surface area contributed by atoms with Crippen LogP contribution in [0.2, 0.25) is 0 Å². The molecule has 0 heterocycles. The molecule has 2 aromatic carbocycles. The number of hydrogen-bond acceptors (Lipinski definition) is 6. The van der Waals surface area contributed by atoms with Crippen molar-refractivity contribution >= 4 is 18.9 Å². The van der Waals surface area contributed by atoms with Crippen molar-refractivity contribution in [2.75, 3.05) is 13.1 Å². The summed E-state index contributed by atoms with van der Waals surface area (Å²) >= 11 is 0. The van der Waals surface area contributed by atoms with E-state index < -0.39 is 19.0 Å². The first kappa shape index (κ1) is 23.4. The largest absolute Gasteiger partial charge is 0.507 e. The fourth-order valence-corrected chi connectivity index (χ4v) is 3.14. The van der Waals surface area contributed by atoms with E-state index in [9.17, 15) is 24.7 Å². The molecule has 8 nitrogen and oxygen atoms in total. The molecule has 160 valence electrons. The molecule has 0 saturated heterocycles. The summed E-state index contributed by atoms with van der Waals surface area (Å²) in [6.07, 6.45) is 0.0469. The van der Waals surface area contributed by atoms with Gasteiger partial charge in [-0.1, -0.05) is 30.3 Å². The number of para-hydroxylation sites is 1. The molecule has 0 fully saturated rings. The molecule has 6 N–H and O–H groups in total. The number of carbonyl (C=O) groups is 2. The molecule has 9 heteroatoms. The van der Waals surface area contributed by atoms with Gasteiger partial charge in [0.15, 0.2) is 0 Å². The number of nitrogens with two attached hydrogens (primary N) is 1. The van der Waals surface area contributed by atoms with Gasteiger partial charge in [-0.3, -0.25) is 9.59 Å². The zero-order chi connectivity index (χ0) is 22.3. The highest BCUT2D eigenvalue weighted by molar-refractivity contribution is 6.43. The topological polar surface area (TPSA) is 136 Å². The molecule has 0 radical (unpaired) electrons. The van der Waals surface area contributed by atoms with E-state index in [0.29, 0.717) is 36.3 Å². The Bertz CT molecular complexity index is 891. The van der Waals surface area contributed by atoms with Crippen LogP contribution in [0.15, 0.2) is 42.5 Å². The minimum absolute atomic E-state index is 0.0469. The summed E-state index contributed by atoms with van der Waals surface area (Å²) in [5, 5.41) is 32.2. The third-order valence-electron chi connectivity index (χ3n) is 4.84. The molecule has 30 heavy (non-hydrogen) atoms. The molecule has 0 saturated carbocycles. The van der Waals surface area contributed by atoms with Gasteiger partial charge in [-0.05, 0) is 42.2 Å². The Morgan fingerprint density at radius 2 is 1.90 bits per heavy atom. The maximum atomic E-state index is 12.7. The predicted molar refractivity (Wildman–Crippen MR) is 115 cm³/mol. The van der Waals surface area contributed by atoms with Crippen molar-refractivity contribution in [1.29, 1.82) is 0 Å². The number of aryl methyl sites for hydroxylation is 1. The second kappa shape index (κ2) is 10.8. The van der Waals surface area contributed by atoms with Gasteiger partial charge >= 0.3 is 7.12 Å². The molecule has 2 amide bonds. The monoisotopic (exact) mass is 413 g/mol. The summed E-state index contributed by atoms with van der Waals surface area (Å²) in [6, 6.07) is 11.9. The van der Waals surface area contributed by atoms with Crippen molar-refractivity contribution in [3.8, 4) is 5.75 Å². The van der Waals surface area contributed by atoms with E-state index >= 15 is 0 Å². The summed E-state index contributed by atoms with van der Waals surface area (Å²) in [5.41, 5.74) is 7.78. The molecule has 0 aliphatic carbocycles. The van der Waals surface area contributed by atoms with Gasteiger partial charge in [0.2, 0.25) is 5.91 Å². The Morgan fingerprint density at radius 3 is 2.53 bits per heavy atom. The van der Waals surface area contributed by atoms with E-state index in [1.54, 1.807) is 54.3 Å². The first-order chi connectivity index (χ1) is 14.2. The molecule has 0 aliphatic rings. The third kappa shape index (κ3) is 6.31. The Kier molecular flexibility index (Phi) is 8.40. The van der Waals surface area contributed by atoms with Crippen LogP contribution in [0.25, 0.3) is 0 Å². The molecule has 0 aliphatic heterocycles. The molecule has 0 unspecified atom stereocenters. The highest BCUT2D eigenvalue weighted by atomic mass is 16.4. The van der Waals surface area contributed by atoms with Crippen LogP contribution in [0.5, 0.6) is 5.75 Å². The van der Waals surface area contributed by atoms with Crippen molar-refractivity contribution in [3.63, 3.8) is 0 Å². The smallest absolute Gasteiger partial charge is 0.475 e. The zero-order valence-corrected chi connectivity index (χ0v) is 17.2. The Morgan fingerprint density at radius 1 is 1.20 bits per heavy atom. The molecular weight excluding hydrogens is 385 g/mol. The van der Waals surface area contributed by atoms with Gasteiger partial charge in [0.25, 0.3) is 5.91 Å². The van der Waals surface area contributed by atoms with Crippen LogP contribution in [0.1, 0.15) is 34.0 Å². The number of nitrogens with one attached hydrogen (secondary N) is 1. The van der Waals surface area contributed by atoms with Crippen LogP contribution in [-0.2, 0) is 17.8 Å². The molecule has 0 aromatic heterocycles. The Balaban J connectivity index is 2.14. The summed E-state index contributed by atoms with van der Waals surface area (Å²) < 4.78 is 0. The highest BCUT2D eigenvalue weighted by Gasteiger charge is 2.27. The van der Waals surface area contributed by atoms with Crippen molar-refractivity contribution in [2.24, 2.45) is 5.73 Å². The minimum Gasteiger partial charge on any atom is -0.507 e. The quantitative estimate of drug-likeness (QED) is 0.377. The van der Waals surface area contributed by atoms with Gasteiger partial charge < -0.3 is 31.1 Å². The van der Waals surface area contributed by atoms with E-state index in [-0.39, 0.29) is 18.1 Å². The lowest BCUT2D eigenvalue weighted by atomic mass is 9.75. The number of hydrogen-bond donors (Lipinski definition) is 5. The average Bonchev–Trinajstić information content (AvgIpc) is 2.70. The maximum Gasteiger partial charge on any atom is 0.475 e.